The fourth-order valence-electron chi connectivity index (χ4n) is 1.66. The summed E-state index contributed by atoms with van der Waals surface area (Å²) in [6.07, 6.45) is -0.334. The van der Waals surface area contributed by atoms with Crippen molar-refractivity contribution in [2.75, 3.05) is 13.2 Å². The number of nitrogens with zero attached hydrogens (tertiary/aromatic N) is 1. The van der Waals surface area contributed by atoms with Crippen LogP contribution in [0.15, 0.2) is 24.3 Å². The lowest BCUT2D eigenvalue weighted by atomic mass is 10.1. The van der Waals surface area contributed by atoms with Gasteiger partial charge in [-0.05, 0) is 12.5 Å². The smallest absolute Gasteiger partial charge is 0.0958 e. The molecular weight excluding hydrogens is 178 g/mol. The van der Waals surface area contributed by atoms with E-state index in [1.54, 1.807) is 5.06 Å². The van der Waals surface area contributed by atoms with Crippen LogP contribution in [0.4, 0.5) is 0 Å². The molecule has 0 bridgehead atoms. The predicted molar refractivity (Wildman–Crippen MR) is 53.5 cm³/mol. The maximum absolute atomic E-state index is 9.27. The summed E-state index contributed by atoms with van der Waals surface area (Å²) in [5, 5.41) is 11.1. The third-order valence-corrected chi connectivity index (χ3v) is 2.31. The highest BCUT2D eigenvalue weighted by molar-refractivity contribution is 5.21. The Labute approximate surface area is 83.9 Å². The number of benzene rings is 1. The third-order valence-electron chi connectivity index (χ3n) is 2.31. The van der Waals surface area contributed by atoms with E-state index in [0.717, 1.165) is 6.54 Å². The number of hydrogen-bond donors (Lipinski definition) is 1. The van der Waals surface area contributed by atoms with Gasteiger partial charge in [0.1, 0.15) is 0 Å². The van der Waals surface area contributed by atoms with Crippen LogP contribution in [0.25, 0.3) is 0 Å². The van der Waals surface area contributed by atoms with Gasteiger partial charge in [0.25, 0.3) is 0 Å². The predicted octanol–water partition coefficient (Wildman–Crippen LogP) is 1.10. The van der Waals surface area contributed by atoms with Crippen LogP contribution in [0, 0.1) is 6.92 Å². The van der Waals surface area contributed by atoms with Crippen LogP contribution in [0.5, 0.6) is 0 Å². The van der Waals surface area contributed by atoms with Crippen molar-refractivity contribution in [2.24, 2.45) is 0 Å². The summed E-state index contributed by atoms with van der Waals surface area (Å²) < 4.78 is 0. The minimum atomic E-state index is -0.334. The average Bonchev–Trinajstić information content (AvgIpc) is 2.51. The Morgan fingerprint density at radius 3 is 3.07 bits per heavy atom. The first-order valence-corrected chi connectivity index (χ1v) is 4.85. The molecule has 14 heavy (non-hydrogen) atoms. The Hall–Kier alpha value is -0.900. The molecule has 0 unspecified atom stereocenters. The minimum Gasteiger partial charge on any atom is -0.389 e. The molecule has 0 aromatic heterocycles. The average molecular weight is 193 g/mol. The zero-order chi connectivity index (χ0) is 9.97. The molecule has 1 fully saturated rings. The molecule has 3 nitrogen and oxygen atoms in total. The summed E-state index contributed by atoms with van der Waals surface area (Å²) in [7, 11) is 0. The first-order valence-electron chi connectivity index (χ1n) is 4.85. The Morgan fingerprint density at radius 1 is 1.57 bits per heavy atom. The second-order valence-electron chi connectivity index (χ2n) is 3.76. The number of β-amino-alcohol motifs (C(OH)–C–C–N with tert-alkyl or cyclic N) is 1. The molecule has 1 aliphatic rings. The van der Waals surface area contributed by atoms with Gasteiger partial charge in [-0.15, -0.1) is 0 Å². The number of aliphatic hydroxyl groups is 1. The molecule has 76 valence electrons. The van der Waals surface area contributed by atoms with Crippen molar-refractivity contribution in [1.82, 2.24) is 5.06 Å². The maximum atomic E-state index is 9.27. The van der Waals surface area contributed by atoms with E-state index in [9.17, 15) is 5.11 Å². The topological polar surface area (TPSA) is 32.7 Å². The van der Waals surface area contributed by atoms with Crippen LogP contribution >= 0.6 is 0 Å². The van der Waals surface area contributed by atoms with Crippen LogP contribution in [-0.4, -0.2) is 29.4 Å². The summed E-state index contributed by atoms with van der Waals surface area (Å²) in [6.45, 7) is 3.85. The van der Waals surface area contributed by atoms with Crippen molar-refractivity contribution in [1.29, 1.82) is 0 Å². The van der Waals surface area contributed by atoms with E-state index in [1.165, 1.54) is 11.1 Å². The molecule has 0 saturated carbocycles. The molecule has 1 saturated heterocycles. The second-order valence-corrected chi connectivity index (χ2v) is 3.76. The summed E-state index contributed by atoms with van der Waals surface area (Å²) in [6, 6.07) is 8.31. The number of hydroxylamine groups is 2. The normalized spacial score (nSPS) is 22.9. The molecule has 1 heterocycles. The van der Waals surface area contributed by atoms with E-state index in [1.807, 2.05) is 6.07 Å². The van der Waals surface area contributed by atoms with Crippen LogP contribution in [0.2, 0.25) is 0 Å². The summed E-state index contributed by atoms with van der Waals surface area (Å²) in [4.78, 5) is 5.29. The van der Waals surface area contributed by atoms with E-state index in [-0.39, 0.29) is 6.10 Å². The van der Waals surface area contributed by atoms with Crippen LogP contribution < -0.4 is 0 Å². The van der Waals surface area contributed by atoms with Gasteiger partial charge in [0.05, 0.1) is 19.3 Å². The van der Waals surface area contributed by atoms with Gasteiger partial charge in [-0.1, -0.05) is 29.8 Å². The zero-order valence-electron chi connectivity index (χ0n) is 8.31. The van der Waals surface area contributed by atoms with Gasteiger partial charge >= 0.3 is 0 Å². The Bertz CT molecular complexity index is 314. The van der Waals surface area contributed by atoms with E-state index >= 15 is 0 Å². The number of aryl methyl sites for hydroxylation is 1. The molecule has 0 amide bonds. The molecule has 2 rings (SSSR count). The van der Waals surface area contributed by atoms with Gasteiger partial charge in [0.2, 0.25) is 0 Å². The molecular formula is C11H15NO2. The summed E-state index contributed by atoms with van der Waals surface area (Å²) in [5.41, 5.74) is 2.47. The molecule has 3 heteroatoms. The molecule has 1 N–H and O–H groups in total. The van der Waals surface area contributed by atoms with Crippen LogP contribution in [-0.2, 0) is 11.4 Å². The highest BCUT2D eigenvalue weighted by atomic mass is 16.7. The first-order chi connectivity index (χ1) is 6.74. The van der Waals surface area contributed by atoms with Gasteiger partial charge in [-0.2, -0.15) is 5.06 Å². The second kappa shape index (κ2) is 4.09. The first kappa shape index (κ1) is 9.65. The Morgan fingerprint density at radius 2 is 2.43 bits per heavy atom. The van der Waals surface area contributed by atoms with Crippen molar-refractivity contribution >= 4 is 0 Å². The summed E-state index contributed by atoms with van der Waals surface area (Å²) in [5.74, 6) is 0. The van der Waals surface area contributed by atoms with Gasteiger partial charge in [0.15, 0.2) is 0 Å². The third kappa shape index (κ3) is 2.32. The fraction of sp³-hybridized carbons (Fsp3) is 0.455. The van der Waals surface area contributed by atoms with Crippen molar-refractivity contribution in [3.05, 3.63) is 35.4 Å². The number of hydrogen-bond acceptors (Lipinski definition) is 3. The Balaban J connectivity index is 1.97. The molecule has 1 aliphatic heterocycles. The minimum absolute atomic E-state index is 0.334. The van der Waals surface area contributed by atoms with Gasteiger partial charge in [-0.3, -0.25) is 4.84 Å². The number of rotatable bonds is 2. The van der Waals surface area contributed by atoms with Gasteiger partial charge in [0, 0.05) is 6.54 Å². The van der Waals surface area contributed by atoms with E-state index in [4.69, 9.17) is 4.84 Å². The molecule has 0 spiro atoms. The lowest BCUT2D eigenvalue weighted by Crippen LogP contribution is -2.20. The highest BCUT2D eigenvalue weighted by Gasteiger charge is 2.20. The SMILES string of the molecule is Cc1cccc(CN2C[C@H](O)CO2)c1. The lowest BCUT2D eigenvalue weighted by molar-refractivity contribution is -0.117. The van der Waals surface area contributed by atoms with Crippen molar-refractivity contribution < 1.29 is 9.94 Å². The van der Waals surface area contributed by atoms with Crippen molar-refractivity contribution in [3.8, 4) is 0 Å². The quantitative estimate of drug-likeness (QED) is 0.763. The lowest BCUT2D eigenvalue weighted by Gasteiger charge is -2.13. The molecule has 1 atom stereocenters. The van der Waals surface area contributed by atoms with Gasteiger partial charge < -0.3 is 5.11 Å². The maximum Gasteiger partial charge on any atom is 0.0958 e. The van der Waals surface area contributed by atoms with E-state index in [2.05, 4.69) is 25.1 Å². The van der Waals surface area contributed by atoms with Crippen LogP contribution in [0.1, 0.15) is 11.1 Å². The Kier molecular flexibility index (Phi) is 2.82. The molecule has 0 radical (unpaired) electrons. The molecule has 1 aromatic carbocycles. The highest BCUT2D eigenvalue weighted by Crippen LogP contribution is 2.12. The van der Waals surface area contributed by atoms with Gasteiger partial charge in [-0.25, -0.2) is 0 Å². The molecule has 0 aliphatic carbocycles. The van der Waals surface area contributed by atoms with Crippen LogP contribution in [0.3, 0.4) is 0 Å². The van der Waals surface area contributed by atoms with E-state index < -0.39 is 0 Å². The van der Waals surface area contributed by atoms with Crippen molar-refractivity contribution in [3.63, 3.8) is 0 Å². The molecule has 1 aromatic rings. The fourth-order valence-corrected chi connectivity index (χ4v) is 1.66. The summed E-state index contributed by atoms with van der Waals surface area (Å²) >= 11 is 0. The van der Waals surface area contributed by atoms with E-state index in [0.29, 0.717) is 13.2 Å². The standard InChI is InChI=1S/C11H15NO2/c1-9-3-2-4-10(5-9)6-12-7-11(13)8-14-12/h2-5,11,13H,6-8H2,1H3/t11-/m0/s1. The largest absolute Gasteiger partial charge is 0.389 e. The van der Waals surface area contributed by atoms with Crippen molar-refractivity contribution in [2.45, 2.75) is 19.6 Å². The zero-order valence-corrected chi connectivity index (χ0v) is 8.31. The number of aliphatic hydroxyl groups excluding tert-OH is 1. The monoisotopic (exact) mass is 193 g/mol.